The Hall–Kier alpha value is -1.58. The fraction of sp³-hybridized carbons (Fsp3) is 0.500. The van der Waals surface area contributed by atoms with Gasteiger partial charge in [0.1, 0.15) is 0 Å². The molecular weight excluding hydrogens is 284 g/mol. The van der Waals surface area contributed by atoms with Gasteiger partial charge < -0.3 is 9.30 Å². The molecule has 3 nitrogen and oxygen atoms in total. The summed E-state index contributed by atoms with van der Waals surface area (Å²) in [4.78, 5) is 2.52. The molecule has 124 valence electrons. The van der Waals surface area contributed by atoms with E-state index in [1.165, 1.54) is 28.9 Å². The van der Waals surface area contributed by atoms with Crippen LogP contribution in [0.25, 0.3) is 11.3 Å². The van der Waals surface area contributed by atoms with Crippen LogP contribution in [-0.2, 0) is 17.7 Å². The molecule has 1 aromatic heterocycles. The minimum Gasteiger partial charge on any atom is -0.379 e. The first-order valence-corrected chi connectivity index (χ1v) is 8.84. The average Bonchev–Trinajstić information content (AvgIpc) is 2.92. The maximum absolute atomic E-state index is 5.43. The molecular formula is C20H28N2O. The highest BCUT2D eigenvalue weighted by Gasteiger charge is 2.14. The predicted octanol–water partition coefficient (Wildman–Crippen LogP) is 3.75. The number of aromatic nitrogens is 1. The van der Waals surface area contributed by atoms with E-state index in [0.717, 1.165) is 45.8 Å². The summed E-state index contributed by atoms with van der Waals surface area (Å²) in [5.41, 5.74) is 5.58. The molecule has 0 unspecified atom stereocenters. The maximum Gasteiger partial charge on any atom is 0.0594 e. The topological polar surface area (TPSA) is 17.4 Å². The average molecular weight is 312 g/mol. The fourth-order valence-electron chi connectivity index (χ4n) is 3.57. The third-order valence-corrected chi connectivity index (χ3v) is 4.79. The third-order valence-electron chi connectivity index (χ3n) is 4.79. The smallest absolute Gasteiger partial charge is 0.0594 e. The summed E-state index contributed by atoms with van der Waals surface area (Å²) in [5.74, 6) is 0. The van der Waals surface area contributed by atoms with Crippen LogP contribution >= 0.6 is 0 Å². The van der Waals surface area contributed by atoms with Crippen LogP contribution < -0.4 is 0 Å². The second-order valence-electron chi connectivity index (χ2n) is 6.34. The summed E-state index contributed by atoms with van der Waals surface area (Å²) in [5, 5.41) is 0. The standard InChI is InChI=1S/C20H28N2O/c1-3-19-17(2)16-20(18-8-5-4-6-9-18)22(19)11-7-10-21-12-14-23-15-13-21/h4-6,8-9,16H,3,7,10-15H2,1-2H3. The number of rotatable bonds is 6. The van der Waals surface area contributed by atoms with Gasteiger partial charge in [0.05, 0.1) is 13.2 Å². The van der Waals surface area contributed by atoms with Gasteiger partial charge in [-0.05, 0) is 37.0 Å². The SMILES string of the molecule is CCc1c(C)cc(-c2ccccc2)n1CCCN1CCOCC1. The molecule has 0 radical (unpaired) electrons. The molecule has 1 fully saturated rings. The number of benzene rings is 1. The number of aryl methyl sites for hydroxylation is 1. The molecule has 3 rings (SSSR count). The van der Waals surface area contributed by atoms with Crippen molar-refractivity contribution in [2.75, 3.05) is 32.8 Å². The van der Waals surface area contributed by atoms with E-state index in [-0.39, 0.29) is 0 Å². The fourth-order valence-corrected chi connectivity index (χ4v) is 3.57. The Labute approximate surface area is 139 Å². The molecule has 0 bridgehead atoms. The zero-order valence-corrected chi connectivity index (χ0v) is 14.4. The lowest BCUT2D eigenvalue weighted by atomic mass is 10.1. The van der Waals surface area contributed by atoms with Crippen molar-refractivity contribution in [2.24, 2.45) is 0 Å². The molecule has 0 spiro atoms. The number of nitrogens with zero attached hydrogens (tertiary/aromatic N) is 2. The quantitative estimate of drug-likeness (QED) is 0.808. The van der Waals surface area contributed by atoms with Gasteiger partial charge in [0.2, 0.25) is 0 Å². The van der Waals surface area contributed by atoms with Crippen LogP contribution in [0.3, 0.4) is 0 Å². The Morgan fingerprint density at radius 1 is 1.04 bits per heavy atom. The van der Waals surface area contributed by atoms with E-state index in [1.807, 2.05) is 0 Å². The van der Waals surface area contributed by atoms with Crippen molar-refractivity contribution in [1.29, 1.82) is 0 Å². The molecule has 1 aromatic carbocycles. The van der Waals surface area contributed by atoms with Crippen LogP contribution in [0.15, 0.2) is 36.4 Å². The van der Waals surface area contributed by atoms with E-state index in [4.69, 9.17) is 4.74 Å². The normalized spacial score (nSPS) is 15.9. The van der Waals surface area contributed by atoms with Crippen molar-refractivity contribution >= 4 is 0 Å². The maximum atomic E-state index is 5.43. The van der Waals surface area contributed by atoms with Gasteiger partial charge >= 0.3 is 0 Å². The molecule has 23 heavy (non-hydrogen) atoms. The molecule has 0 N–H and O–H groups in total. The van der Waals surface area contributed by atoms with Crippen LogP contribution in [-0.4, -0.2) is 42.3 Å². The highest BCUT2D eigenvalue weighted by atomic mass is 16.5. The lowest BCUT2D eigenvalue weighted by Crippen LogP contribution is -2.37. The van der Waals surface area contributed by atoms with Crippen molar-refractivity contribution in [2.45, 2.75) is 33.2 Å². The van der Waals surface area contributed by atoms with Crippen LogP contribution in [0.4, 0.5) is 0 Å². The Balaban J connectivity index is 1.74. The molecule has 0 amide bonds. The van der Waals surface area contributed by atoms with E-state index < -0.39 is 0 Å². The van der Waals surface area contributed by atoms with Gasteiger partial charge in [0.25, 0.3) is 0 Å². The summed E-state index contributed by atoms with van der Waals surface area (Å²) >= 11 is 0. The largest absolute Gasteiger partial charge is 0.379 e. The number of hydrogen-bond donors (Lipinski definition) is 0. The van der Waals surface area contributed by atoms with Gasteiger partial charge in [-0.15, -0.1) is 0 Å². The summed E-state index contributed by atoms with van der Waals surface area (Å²) in [6, 6.07) is 13.1. The number of ether oxygens (including phenoxy) is 1. The summed E-state index contributed by atoms with van der Waals surface area (Å²) in [6.45, 7) is 10.7. The summed E-state index contributed by atoms with van der Waals surface area (Å²) in [6.07, 6.45) is 2.29. The third kappa shape index (κ3) is 3.85. The van der Waals surface area contributed by atoms with Crippen LogP contribution in [0, 0.1) is 6.92 Å². The Kier molecular flexibility index (Phi) is 5.52. The predicted molar refractivity (Wildman–Crippen MR) is 95.9 cm³/mol. The van der Waals surface area contributed by atoms with E-state index in [9.17, 15) is 0 Å². The van der Waals surface area contributed by atoms with Gasteiger partial charge in [-0.2, -0.15) is 0 Å². The second kappa shape index (κ2) is 7.80. The van der Waals surface area contributed by atoms with E-state index >= 15 is 0 Å². The van der Waals surface area contributed by atoms with Gasteiger partial charge in [0, 0.05) is 37.6 Å². The van der Waals surface area contributed by atoms with E-state index in [1.54, 1.807) is 0 Å². The van der Waals surface area contributed by atoms with Gasteiger partial charge in [-0.25, -0.2) is 0 Å². The minimum absolute atomic E-state index is 0.887. The van der Waals surface area contributed by atoms with Crippen molar-refractivity contribution in [1.82, 2.24) is 9.47 Å². The highest BCUT2D eigenvalue weighted by Crippen LogP contribution is 2.26. The molecule has 2 aromatic rings. The first-order valence-electron chi connectivity index (χ1n) is 8.84. The molecule has 3 heteroatoms. The van der Waals surface area contributed by atoms with E-state index in [0.29, 0.717) is 0 Å². The Bertz CT molecular complexity index is 612. The van der Waals surface area contributed by atoms with Crippen molar-refractivity contribution < 1.29 is 4.74 Å². The first kappa shape index (κ1) is 16.3. The van der Waals surface area contributed by atoms with Crippen LogP contribution in [0.5, 0.6) is 0 Å². The van der Waals surface area contributed by atoms with Crippen molar-refractivity contribution in [3.05, 3.63) is 47.7 Å². The van der Waals surface area contributed by atoms with Gasteiger partial charge in [-0.3, -0.25) is 4.90 Å². The number of morpholine rings is 1. The summed E-state index contributed by atoms with van der Waals surface area (Å²) in [7, 11) is 0. The molecule has 1 aliphatic heterocycles. The van der Waals surface area contributed by atoms with Crippen molar-refractivity contribution in [3.63, 3.8) is 0 Å². The minimum atomic E-state index is 0.887. The molecule has 0 saturated carbocycles. The lowest BCUT2D eigenvalue weighted by molar-refractivity contribution is 0.0369. The van der Waals surface area contributed by atoms with Gasteiger partial charge in [0.15, 0.2) is 0 Å². The van der Waals surface area contributed by atoms with Crippen LogP contribution in [0.1, 0.15) is 24.6 Å². The molecule has 1 aliphatic rings. The number of hydrogen-bond acceptors (Lipinski definition) is 2. The summed E-state index contributed by atoms with van der Waals surface area (Å²) < 4.78 is 7.97. The van der Waals surface area contributed by atoms with Gasteiger partial charge in [-0.1, -0.05) is 37.3 Å². The molecule has 0 atom stereocenters. The van der Waals surface area contributed by atoms with Crippen LogP contribution in [0.2, 0.25) is 0 Å². The monoisotopic (exact) mass is 312 g/mol. The zero-order chi connectivity index (χ0) is 16.1. The Morgan fingerprint density at radius 3 is 2.48 bits per heavy atom. The second-order valence-corrected chi connectivity index (χ2v) is 6.34. The lowest BCUT2D eigenvalue weighted by Gasteiger charge is -2.26. The molecule has 0 aliphatic carbocycles. The molecule has 2 heterocycles. The zero-order valence-electron chi connectivity index (χ0n) is 14.4. The van der Waals surface area contributed by atoms with E-state index in [2.05, 4.69) is 59.7 Å². The highest BCUT2D eigenvalue weighted by molar-refractivity contribution is 5.62. The molecule has 1 saturated heterocycles. The Morgan fingerprint density at radius 2 is 1.78 bits per heavy atom. The first-order chi connectivity index (χ1) is 11.3. The van der Waals surface area contributed by atoms with Crippen molar-refractivity contribution in [3.8, 4) is 11.3 Å².